The van der Waals surface area contributed by atoms with E-state index in [0.717, 1.165) is 6.07 Å². The van der Waals surface area contributed by atoms with Crippen LogP contribution in [0.2, 0.25) is 0 Å². The number of amides is 1. The molecule has 0 spiro atoms. The Kier molecular flexibility index (Phi) is 4.82. The molecule has 0 bridgehead atoms. The molecule has 2 aromatic carbocycles. The molecule has 0 heterocycles. The number of carbonyl (C=O) groups excluding carboxylic acids is 1. The molecule has 0 saturated heterocycles. The average Bonchev–Trinajstić information content (AvgIpc) is 2.52. The Morgan fingerprint density at radius 3 is 2.27 bits per heavy atom. The third-order valence-corrected chi connectivity index (χ3v) is 3.12. The summed E-state index contributed by atoms with van der Waals surface area (Å²) in [4.78, 5) is 11.8. The number of nitrogens with one attached hydrogen (secondary N) is 1. The SMILES string of the molecule is O=C(NC[C@@H](O)c1ccccc1C(F)(F)F)c1ccccc1. The van der Waals surface area contributed by atoms with Crippen LogP contribution in [0.5, 0.6) is 0 Å². The van der Waals surface area contributed by atoms with Gasteiger partial charge in [-0.05, 0) is 23.8 Å². The lowest BCUT2D eigenvalue weighted by atomic mass is 10.0. The Bertz CT molecular complexity index is 641. The minimum absolute atomic E-state index is 0.261. The zero-order valence-electron chi connectivity index (χ0n) is 11.5. The Hall–Kier alpha value is -2.34. The van der Waals surface area contributed by atoms with Crippen molar-refractivity contribution in [1.82, 2.24) is 5.32 Å². The standard InChI is InChI=1S/C16H14F3NO2/c17-16(18,19)13-9-5-4-8-12(13)14(21)10-20-15(22)11-6-2-1-3-7-11/h1-9,14,21H,10H2,(H,20,22)/t14-/m1/s1. The summed E-state index contributed by atoms with van der Waals surface area (Å²) in [5.74, 6) is -0.455. The van der Waals surface area contributed by atoms with Gasteiger partial charge in [0, 0.05) is 12.1 Å². The predicted octanol–water partition coefficient (Wildman–Crippen LogP) is 3.17. The number of rotatable bonds is 4. The van der Waals surface area contributed by atoms with Crippen LogP contribution in [0.1, 0.15) is 27.6 Å². The highest BCUT2D eigenvalue weighted by molar-refractivity contribution is 5.94. The summed E-state index contributed by atoms with van der Waals surface area (Å²) in [6, 6.07) is 13.0. The number of aliphatic hydroxyl groups is 1. The van der Waals surface area contributed by atoms with E-state index in [-0.39, 0.29) is 12.1 Å². The van der Waals surface area contributed by atoms with Crippen LogP contribution < -0.4 is 5.32 Å². The molecule has 6 heteroatoms. The molecular weight excluding hydrogens is 295 g/mol. The van der Waals surface area contributed by atoms with Crippen molar-refractivity contribution in [2.24, 2.45) is 0 Å². The van der Waals surface area contributed by atoms with Gasteiger partial charge in [0.15, 0.2) is 0 Å². The third kappa shape index (κ3) is 3.85. The fourth-order valence-electron chi connectivity index (χ4n) is 2.04. The molecule has 2 rings (SSSR count). The molecule has 0 radical (unpaired) electrons. The van der Waals surface area contributed by atoms with Crippen LogP contribution in [0.4, 0.5) is 13.2 Å². The van der Waals surface area contributed by atoms with Crippen molar-refractivity contribution < 1.29 is 23.1 Å². The minimum atomic E-state index is -4.55. The monoisotopic (exact) mass is 309 g/mol. The first-order valence-electron chi connectivity index (χ1n) is 6.57. The first kappa shape index (κ1) is 16.0. The first-order valence-corrected chi connectivity index (χ1v) is 6.57. The van der Waals surface area contributed by atoms with Gasteiger partial charge in [0.2, 0.25) is 0 Å². The summed E-state index contributed by atoms with van der Waals surface area (Å²) < 4.78 is 38.6. The lowest BCUT2D eigenvalue weighted by molar-refractivity contribution is -0.139. The smallest absolute Gasteiger partial charge is 0.387 e. The quantitative estimate of drug-likeness (QED) is 0.911. The summed E-state index contributed by atoms with van der Waals surface area (Å²) in [5, 5.41) is 12.4. The van der Waals surface area contributed by atoms with Gasteiger partial charge >= 0.3 is 6.18 Å². The summed E-state index contributed by atoms with van der Waals surface area (Å²) >= 11 is 0. The molecule has 2 N–H and O–H groups in total. The van der Waals surface area contributed by atoms with Crippen LogP contribution in [0, 0.1) is 0 Å². The van der Waals surface area contributed by atoms with E-state index in [2.05, 4.69) is 5.32 Å². The molecule has 116 valence electrons. The van der Waals surface area contributed by atoms with E-state index in [9.17, 15) is 23.1 Å². The molecule has 0 aliphatic rings. The molecule has 0 aliphatic carbocycles. The lowest BCUT2D eigenvalue weighted by Crippen LogP contribution is -2.29. The number of carbonyl (C=O) groups is 1. The average molecular weight is 309 g/mol. The first-order chi connectivity index (χ1) is 10.4. The number of benzene rings is 2. The van der Waals surface area contributed by atoms with E-state index in [1.165, 1.54) is 18.2 Å². The Morgan fingerprint density at radius 1 is 1.05 bits per heavy atom. The van der Waals surface area contributed by atoms with Gasteiger partial charge in [-0.1, -0.05) is 36.4 Å². The summed E-state index contributed by atoms with van der Waals surface area (Å²) in [7, 11) is 0. The van der Waals surface area contributed by atoms with E-state index >= 15 is 0 Å². The van der Waals surface area contributed by atoms with E-state index < -0.39 is 23.8 Å². The maximum atomic E-state index is 12.9. The normalized spacial score (nSPS) is 12.7. The molecule has 0 aliphatic heterocycles. The largest absolute Gasteiger partial charge is 0.416 e. The molecule has 2 aromatic rings. The van der Waals surface area contributed by atoms with E-state index in [1.807, 2.05) is 0 Å². The second-order valence-corrected chi connectivity index (χ2v) is 4.68. The fourth-order valence-corrected chi connectivity index (χ4v) is 2.04. The van der Waals surface area contributed by atoms with Crippen LogP contribution in [0.3, 0.4) is 0 Å². The van der Waals surface area contributed by atoms with Crippen LogP contribution >= 0.6 is 0 Å². The second kappa shape index (κ2) is 6.62. The molecular formula is C16H14F3NO2. The van der Waals surface area contributed by atoms with Gasteiger partial charge in [0.1, 0.15) is 0 Å². The van der Waals surface area contributed by atoms with Crippen molar-refractivity contribution in [2.75, 3.05) is 6.54 Å². The van der Waals surface area contributed by atoms with E-state index in [1.54, 1.807) is 30.3 Å². The zero-order chi connectivity index (χ0) is 16.2. The molecule has 1 amide bonds. The molecule has 0 unspecified atom stereocenters. The Labute approximate surface area is 125 Å². The molecule has 0 saturated carbocycles. The maximum Gasteiger partial charge on any atom is 0.416 e. The van der Waals surface area contributed by atoms with Gasteiger partial charge in [-0.2, -0.15) is 13.2 Å². The number of hydrogen-bond donors (Lipinski definition) is 2. The number of alkyl halides is 3. The molecule has 0 aromatic heterocycles. The fraction of sp³-hybridized carbons (Fsp3) is 0.188. The molecule has 22 heavy (non-hydrogen) atoms. The number of hydrogen-bond acceptors (Lipinski definition) is 2. The summed E-state index contributed by atoms with van der Waals surface area (Å²) in [5.41, 5.74) is -0.793. The van der Waals surface area contributed by atoms with Crippen LogP contribution in [-0.4, -0.2) is 17.6 Å². The summed E-state index contributed by atoms with van der Waals surface area (Å²) in [6.45, 7) is -0.305. The van der Waals surface area contributed by atoms with Crippen molar-refractivity contribution >= 4 is 5.91 Å². The summed E-state index contributed by atoms with van der Waals surface area (Å²) in [6.07, 6.45) is -5.99. The third-order valence-electron chi connectivity index (χ3n) is 3.12. The maximum absolute atomic E-state index is 12.9. The topological polar surface area (TPSA) is 49.3 Å². The van der Waals surface area contributed by atoms with E-state index in [4.69, 9.17) is 0 Å². The molecule has 1 atom stereocenters. The number of aliphatic hydroxyl groups excluding tert-OH is 1. The van der Waals surface area contributed by atoms with Crippen molar-refractivity contribution in [2.45, 2.75) is 12.3 Å². The van der Waals surface area contributed by atoms with Gasteiger partial charge < -0.3 is 10.4 Å². The van der Waals surface area contributed by atoms with Gasteiger partial charge in [0.05, 0.1) is 11.7 Å². The van der Waals surface area contributed by atoms with Gasteiger partial charge in [-0.3, -0.25) is 4.79 Å². The van der Waals surface area contributed by atoms with Gasteiger partial charge in [-0.25, -0.2) is 0 Å². The molecule has 0 fully saturated rings. The van der Waals surface area contributed by atoms with Gasteiger partial charge in [-0.15, -0.1) is 0 Å². The second-order valence-electron chi connectivity index (χ2n) is 4.68. The van der Waals surface area contributed by atoms with Crippen molar-refractivity contribution in [3.05, 3.63) is 71.3 Å². The predicted molar refractivity (Wildman–Crippen MR) is 75.2 cm³/mol. The number of halogens is 3. The van der Waals surface area contributed by atoms with Crippen LogP contribution in [0.25, 0.3) is 0 Å². The highest BCUT2D eigenvalue weighted by atomic mass is 19.4. The van der Waals surface area contributed by atoms with Crippen LogP contribution in [0.15, 0.2) is 54.6 Å². The molecule has 3 nitrogen and oxygen atoms in total. The highest BCUT2D eigenvalue weighted by Gasteiger charge is 2.34. The van der Waals surface area contributed by atoms with Crippen LogP contribution in [-0.2, 0) is 6.18 Å². The van der Waals surface area contributed by atoms with Gasteiger partial charge in [0.25, 0.3) is 5.91 Å². The Morgan fingerprint density at radius 2 is 1.64 bits per heavy atom. The zero-order valence-corrected chi connectivity index (χ0v) is 11.5. The minimum Gasteiger partial charge on any atom is -0.387 e. The Balaban J connectivity index is 2.07. The lowest BCUT2D eigenvalue weighted by Gasteiger charge is -2.17. The van der Waals surface area contributed by atoms with Crippen molar-refractivity contribution in [3.63, 3.8) is 0 Å². The van der Waals surface area contributed by atoms with Crippen molar-refractivity contribution in [3.8, 4) is 0 Å². The van der Waals surface area contributed by atoms with E-state index in [0.29, 0.717) is 5.56 Å². The van der Waals surface area contributed by atoms with Crippen molar-refractivity contribution in [1.29, 1.82) is 0 Å². The highest BCUT2D eigenvalue weighted by Crippen LogP contribution is 2.34.